The van der Waals surface area contributed by atoms with Crippen LogP contribution in [0.3, 0.4) is 0 Å². The largest absolute Gasteiger partial charge is 0.387 e. The lowest BCUT2D eigenvalue weighted by Crippen LogP contribution is -2.33. The average molecular weight is 266 g/mol. The van der Waals surface area contributed by atoms with Crippen molar-refractivity contribution in [1.82, 2.24) is 15.1 Å². The highest BCUT2D eigenvalue weighted by atomic mass is 16.3. The molecular formula is C12H18N4O3. The van der Waals surface area contributed by atoms with Crippen LogP contribution in [0.4, 0.5) is 5.69 Å². The highest BCUT2D eigenvalue weighted by Gasteiger charge is 2.23. The van der Waals surface area contributed by atoms with Gasteiger partial charge in [0.25, 0.3) is 5.56 Å². The summed E-state index contributed by atoms with van der Waals surface area (Å²) in [4.78, 5) is 24.6. The molecule has 1 aliphatic heterocycles. The topological polar surface area (TPSA) is 87.5 Å². The van der Waals surface area contributed by atoms with E-state index in [9.17, 15) is 9.59 Å². The normalized spacial score (nSPS) is 18.6. The molecule has 1 saturated heterocycles. The summed E-state index contributed by atoms with van der Waals surface area (Å²) in [6, 6.07) is 1.57. The number of carbonyl (C=O) groups excluding carboxylic acids is 1. The molecule has 19 heavy (non-hydrogen) atoms. The minimum Gasteiger partial charge on any atom is -0.387 e. The third-order valence-electron chi connectivity index (χ3n) is 3.34. The van der Waals surface area contributed by atoms with Crippen LogP contribution in [0, 0.1) is 5.92 Å². The molecule has 0 spiro atoms. The number of aliphatic hydroxyl groups is 1. The molecule has 1 aromatic heterocycles. The number of rotatable bonds is 4. The molecule has 0 unspecified atom stereocenters. The quantitative estimate of drug-likeness (QED) is 0.708. The zero-order valence-corrected chi connectivity index (χ0v) is 10.9. The van der Waals surface area contributed by atoms with Crippen molar-refractivity contribution in [3.8, 4) is 0 Å². The number of amides is 1. The number of hydrogen-bond acceptors (Lipinski definition) is 5. The van der Waals surface area contributed by atoms with Gasteiger partial charge in [-0.05, 0) is 12.3 Å². The molecule has 104 valence electrons. The maximum Gasteiger partial charge on any atom is 0.268 e. The first-order chi connectivity index (χ1) is 9.10. The minimum atomic E-state index is -0.477. The van der Waals surface area contributed by atoms with Crippen LogP contribution in [0.25, 0.3) is 0 Å². The van der Waals surface area contributed by atoms with E-state index in [1.165, 1.54) is 4.68 Å². The highest BCUT2D eigenvalue weighted by molar-refractivity contribution is 5.76. The molecule has 0 bridgehead atoms. The summed E-state index contributed by atoms with van der Waals surface area (Å²) in [5.74, 6) is -0.0201. The van der Waals surface area contributed by atoms with E-state index in [1.807, 2.05) is 0 Å². The van der Waals surface area contributed by atoms with Gasteiger partial charge in [0.1, 0.15) is 6.61 Å². The third-order valence-corrected chi connectivity index (χ3v) is 3.34. The first-order valence-electron chi connectivity index (χ1n) is 6.26. The number of aliphatic hydroxyl groups excluding tert-OH is 1. The first kappa shape index (κ1) is 13.5. The van der Waals surface area contributed by atoms with Gasteiger partial charge in [-0.2, -0.15) is 5.10 Å². The van der Waals surface area contributed by atoms with Crippen molar-refractivity contribution in [2.45, 2.75) is 6.42 Å². The number of aromatic nitrogens is 2. The lowest BCUT2D eigenvalue weighted by molar-refractivity contribution is -0.123. The van der Waals surface area contributed by atoms with Crippen LogP contribution < -0.4 is 15.8 Å². The average Bonchev–Trinajstić information content (AvgIpc) is 2.88. The Morgan fingerprint density at radius 3 is 3.11 bits per heavy atom. The summed E-state index contributed by atoms with van der Waals surface area (Å²) in [7, 11) is 1.61. The summed E-state index contributed by atoms with van der Waals surface area (Å²) < 4.78 is 1.29. The van der Waals surface area contributed by atoms with E-state index in [1.54, 1.807) is 19.3 Å². The fraction of sp³-hybridized carbons (Fsp3) is 0.583. The molecular weight excluding hydrogens is 248 g/mol. The Kier molecular flexibility index (Phi) is 4.16. The van der Waals surface area contributed by atoms with Gasteiger partial charge in [-0.15, -0.1) is 0 Å². The van der Waals surface area contributed by atoms with Gasteiger partial charge in [0.15, 0.2) is 0 Å². The molecule has 0 radical (unpaired) electrons. The Balaban J connectivity index is 1.92. The number of anilines is 1. The monoisotopic (exact) mass is 266 g/mol. The van der Waals surface area contributed by atoms with Gasteiger partial charge in [-0.25, -0.2) is 4.68 Å². The molecule has 0 aromatic carbocycles. The number of aryl methyl sites for hydroxylation is 1. The molecule has 0 saturated carbocycles. The summed E-state index contributed by atoms with van der Waals surface area (Å²) in [5.41, 5.74) is 0.689. The van der Waals surface area contributed by atoms with E-state index in [-0.39, 0.29) is 11.5 Å². The van der Waals surface area contributed by atoms with Crippen molar-refractivity contribution in [1.29, 1.82) is 0 Å². The smallest absolute Gasteiger partial charge is 0.268 e. The van der Waals surface area contributed by atoms with Gasteiger partial charge >= 0.3 is 0 Å². The summed E-state index contributed by atoms with van der Waals surface area (Å²) in [6.45, 7) is 1.69. The van der Waals surface area contributed by atoms with Gasteiger partial charge in [-0.1, -0.05) is 0 Å². The molecule has 1 fully saturated rings. The standard InChI is InChI=1S/C12H18N4O3/c1-15-12(19)4-10(6-14-15)16-3-2-9(7-16)5-13-11(18)8-17/h4,6,9,17H,2-3,5,7-8H2,1H3,(H,13,18)/t9-/m1/s1. The van der Waals surface area contributed by atoms with Crippen molar-refractivity contribution >= 4 is 11.6 Å². The number of hydrogen-bond donors (Lipinski definition) is 2. The third kappa shape index (κ3) is 3.31. The second kappa shape index (κ2) is 5.83. The Bertz CT molecular complexity index is 514. The van der Waals surface area contributed by atoms with E-state index in [2.05, 4.69) is 15.3 Å². The van der Waals surface area contributed by atoms with E-state index < -0.39 is 6.61 Å². The minimum absolute atomic E-state index is 0.130. The lowest BCUT2D eigenvalue weighted by Gasteiger charge is -2.18. The SMILES string of the molecule is Cn1ncc(N2CC[C@H](CNC(=O)CO)C2)cc1=O. The predicted molar refractivity (Wildman–Crippen MR) is 69.9 cm³/mol. The van der Waals surface area contributed by atoms with Gasteiger partial charge in [-0.3, -0.25) is 9.59 Å². The Labute approximate surface area is 110 Å². The molecule has 1 aliphatic rings. The second-order valence-electron chi connectivity index (χ2n) is 4.74. The molecule has 7 heteroatoms. The van der Waals surface area contributed by atoms with Crippen LogP contribution in [-0.2, 0) is 11.8 Å². The zero-order chi connectivity index (χ0) is 13.8. The van der Waals surface area contributed by atoms with Crippen molar-refractivity contribution in [3.63, 3.8) is 0 Å². The van der Waals surface area contributed by atoms with Crippen LogP contribution in [0.2, 0.25) is 0 Å². The first-order valence-corrected chi connectivity index (χ1v) is 6.26. The fourth-order valence-electron chi connectivity index (χ4n) is 2.18. The Morgan fingerprint density at radius 2 is 2.42 bits per heavy atom. The van der Waals surface area contributed by atoms with Gasteiger partial charge in [0.2, 0.25) is 5.91 Å². The molecule has 0 aliphatic carbocycles. The van der Waals surface area contributed by atoms with Crippen LogP contribution in [-0.4, -0.2) is 47.0 Å². The fourth-order valence-corrected chi connectivity index (χ4v) is 2.18. The predicted octanol–water partition coefficient (Wildman–Crippen LogP) is -1.28. The number of nitrogens with zero attached hydrogens (tertiary/aromatic N) is 3. The van der Waals surface area contributed by atoms with E-state index in [0.29, 0.717) is 12.5 Å². The lowest BCUT2D eigenvalue weighted by atomic mass is 10.1. The molecule has 1 amide bonds. The summed E-state index contributed by atoms with van der Waals surface area (Å²) in [6.07, 6.45) is 2.62. The molecule has 7 nitrogen and oxygen atoms in total. The molecule has 1 aromatic rings. The maximum atomic E-state index is 11.5. The Hall–Kier alpha value is -1.89. The Morgan fingerprint density at radius 1 is 1.63 bits per heavy atom. The van der Waals surface area contributed by atoms with Crippen molar-refractivity contribution < 1.29 is 9.90 Å². The maximum absolute atomic E-state index is 11.5. The number of carbonyl (C=O) groups is 1. The van der Waals surface area contributed by atoms with E-state index >= 15 is 0 Å². The van der Waals surface area contributed by atoms with Crippen LogP contribution in [0.1, 0.15) is 6.42 Å². The van der Waals surface area contributed by atoms with Crippen LogP contribution in [0.5, 0.6) is 0 Å². The van der Waals surface area contributed by atoms with E-state index in [4.69, 9.17) is 5.11 Å². The summed E-state index contributed by atoms with van der Waals surface area (Å²) >= 11 is 0. The van der Waals surface area contributed by atoms with Crippen LogP contribution >= 0.6 is 0 Å². The van der Waals surface area contributed by atoms with Crippen LogP contribution in [0.15, 0.2) is 17.1 Å². The van der Waals surface area contributed by atoms with E-state index in [0.717, 1.165) is 25.2 Å². The summed E-state index contributed by atoms with van der Waals surface area (Å²) in [5, 5.41) is 15.3. The highest BCUT2D eigenvalue weighted by Crippen LogP contribution is 2.21. The van der Waals surface area contributed by atoms with Crippen molar-refractivity contribution in [3.05, 3.63) is 22.6 Å². The number of nitrogens with one attached hydrogen (secondary N) is 1. The van der Waals surface area contributed by atoms with Crippen molar-refractivity contribution in [2.24, 2.45) is 13.0 Å². The van der Waals surface area contributed by atoms with Crippen molar-refractivity contribution in [2.75, 3.05) is 31.1 Å². The molecule has 1 atom stereocenters. The van der Waals surface area contributed by atoms with Gasteiger partial charge in [0, 0.05) is 32.7 Å². The molecule has 2 rings (SSSR count). The van der Waals surface area contributed by atoms with Gasteiger partial charge < -0.3 is 15.3 Å². The van der Waals surface area contributed by atoms with Gasteiger partial charge in [0.05, 0.1) is 11.9 Å². The second-order valence-corrected chi connectivity index (χ2v) is 4.74. The zero-order valence-electron chi connectivity index (χ0n) is 10.9. The molecule has 2 N–H and O–H groups in total. The molecule has 2 heterocycles.